The van der Waals surface area contributed by atoms with Gasteiger partial charge in [-0.1, -0.05) is 30.3 Å². The molecule has 1 aromatic carbocycles. The number of sulfonamides is 1. The van der Waals surface area contributed by atoms with Crippen LogP contribution in [0, 0.1) is 5.92 Å². The summed E-state index contributed by atoms with van der Waals surface area (Å²) in [5.74, 6) is -0.276. The number of hydrogen-bond donors (Lipinski definition) is 0. The largest absolute Gasteiger partial charge is 0.282 e. The Bertz CT molecular complexity index is 721. The van der Waals surface area contributed by atoms with E-state index in [0.717, 1.165) is 5.56 Å². The predicted molar refractivity (Wildman–Crippen MR) is 85.4 cm³/mol. The average Bonchev–Trinajstić information content (AvgIpc) is 2.80. The van der Waals surface area contributed by atoms with Crippen LogP contribution in [-0.2, 0) is 19.6 Å². The van der Waals surface area contributed by atoms with Gasteiger partial charge in [0.15, 0.2) is 0 Å². The molecular weight excluding hydrogens is 316 g/mol. The van der Waals surface area contributed by atoms with E-state index in [4.69, 9.17) is 0 Å². The standard InChI is InChI=1S/C16H18N2O4S/c19-15-6-7-16(20)18(15)12-14-10-17(11-14)23(21,22)9-8-13-4-2-1-3-5-13/h1-5,8-9,14H,6-7,10-12H2/b9-8+. The molecule has 2 aliphatic rings. The Morgan fingerprint density at radius 1 is 1.04 bits per heavy atom. The minimum atomic E-state index is -3.45. The first-order chi connectivity index (χ1) is 11.0. The number of imide groups is 1. The first-order valence-corrected chi connectivity index (χ1v) is 9.02. The second-order valence-electron chi connectivity index (χ2n) is 5.84. The lowest BCUT2D eigenvalue weighted by Gasteiger charge is -2.38. The van der Waals surface area contributed by atoms with E-state index in [1.807, 2.05) is 30.3 Å². The van der Waals surface area contributed by atoms with Crippen molar-refractivity contribution in [3.8, 4) is 0 Å². The highest BCUT2D eigenvalue weighted by Crippen LogP contribution is 2.24. The Labute approximate surface area is 135 Å². The van der Waals surface area contributed by atoms with E-state index in [2.05, 4.69) is 0 Å². The van der Waals surface area contributed by atoms with E-state index < -0.39 is 10.0 Å². The maximum absolute atomic E-state index is 12.2. The number of carbonyl (C=O) groups is 2. The van der Waals surface area contributed by atoms with E-state index >= 15 is 0 Å². The smallest absolute Gasteiger partial charge is 0.236 e. The first-order valence-electron chi connectivity index (χ1n) is 7.52. The normalized spacial score (nSPS) is 20.4. The molecule has 0 atom stereocenters. The Morgan fingerprint density at radius 3 is 2.26 bits per heavy atom. The van der Waals surface area contributed by atoms with Gasteiger partial charge < -0.3 is 0 Å². The summed E-state index contributed by atoms with van der Waals surface area (Å²) >= 11 is 0. The van der Waals surface area contributed by atoms with Crippen molar-refractivity contribution < 1.29 is 18.0 Å². The maximum Gasteiger partial charge on any atom is 0.236 e. The molecule has 1 aromatic rings. The Hall–Kier alpha value is -1.99. The van der Waals surface area contributed by atoms with Crippen molar-refractivity contribution in [1.82, 2.24) is 9.21 Å². The van der Waals surface area contributed by atoms with Gasteiger partial charge >= 0.3 is 0 Å². The molecule has 0 saturated carbocycles. The number of carbonyl (C=O) groups excluding carboxylic acids is 2. The van der Waals surface area contributed by atoms with Gasteiger partial charge in [-0.25, -0.2) is 8.42 Å². The Kier molecular flexibility index (Phi) is 4.32. The summed E-state index contributed by atoms with van der Waals surface area (Å²) in [4.78, 5) is 24.4. The summed E-state index contributed by atoms with van der Waals surface area (Å²) in [6, 6.07) is 9.21. The molecule has 2 fully saturated rings. The van der Waals surface area contributed by atoms with Gasteiger partial charge in [-0.3, -0.25) is 14.5 Å². The molecule has 0 N–H and O–H groups in total. The SMILES string of the molecule is O=C1CCC(=O)N1CC1CN(S(=O)(=O)/C=C/c2ccccc2)C1. The number of likely N-dealkylation sites (tertiary alicyclic amines) is 1. The monoisotopic (exact) mass is 334 g/mol. The highest BCUT2D eigenvalue weighted by Gasteiger charge is 2.38. The molecule has 0 aliphatic carbocycles. The van der Waals surface area contributed by atoms with Crippen LogP contribution in [0.25, 0.3) is 6.08 Å². The summed E-state index contributed by atoms with van der Waals surface area (Å²) in [6.45, 7) is 1.02. The predicted octanol–water partition coefficient (Wildman–Crippen LogP) is 1.07. The van der Waals surface area contributed by atoms with Gasteiger partial charge in [0.1, 0.15) is 0 Å². The zero-order chi connectivity index (χ0) is 16.4. The summed E-state index contributed by atoms with van der Waals surface area (Å²) < 4.78 is 25.7. The van der Waals surface area contributed by atoms with Gasteiger partial charge in [-0.05, 0) is 11.6 Å². The van der Waals surface area contributed by atoms with E-state index in [1.165, 1.54) is 14.6 Å². The Balaban J connectivity index is 1.55. The van der Waals surface area contributed by atoms with Crippen molar-refractivity contribution in [2.45, 2.75) is 12.8 Å². The molecule has 0 radical (unpaired) electrons. The molecule has 23 heavy (non-hydrogen) atoms. The molecule has 6 nitrogen and oxygen atoms in total. The molecule has 7 heteroatoms. The van der Waals surface area contributed by atoms with Gasteiger partial charge in [-0.15, -0.1) is 0 Å². The van der Waals surface area contributed by atoms with Crippen LogP contribution in [0.2, 0.25) is 0 Å². The topological polar surface area (TPSA) is 74.8 Å². The van der Waals surface area contributed by atoms with Crippen molar-refractivity contribution in [1.29, 1.82) is 0 Å². The fraction of sp³-hybridized carbons (Fsp3) is 0.375. The van der Waals surface area contributed by atoms with E-state index in [1.54, 1.807) is 6.08 Å². The van der Waals surface area contributed by atoms with Crippen LogP contribution in [-0.4, -0.2) is 49.1 Å². The number of amides is 2. The number of hydrogen-bond acceptors (Lipinski definition) is 4. The minimum absolute atomic E-state index is 0.0286. The molecule has 2 saturated heterocycles. The van der Waals surface area contributed by atoms with Gasteiger partial charge in [0.2, 0.25) is 21.8 Å². The zero-order valence-corrected chi connectivity index (χ0v) is 13.4. The molecule has 0 aromatic heterocycles. The number of benzene rings is 1. The van der Waals surface area contributed by atoms with Gasteiger partial charge in [0.25, 0.3) is 0 Å². The van der Waals surface area contributed by atoms with Crippen LogP contribution in [0.5, 0.6) is 0 Å². The second-order valence-corrected chi connectivity index (χ2v) is 7.66. The molecular formula is C16H18N2O4S. The van der Waals surface area contributed by atoms with Crippen LogP contribution >= 0.6 is 0 Å². The quantitative estimate of drug-likeness (QED) is 0.755. The molecule has 3 rings (SSSR count). The van der Waals surface area contributed by atoms with Crippen molar-refractivity contribution in [2.75, 3.05) is 19.6 Å². The minimum Gasteiger partial charge on any atom is -0.282 e. The van der Waals surface area contributed by atoms with Crippen molar-refractivity contribution in [3.05, 3.63) is 41.3 Å². The van der Waals surface area contributed by atoms with Crippen LogP contribution in [0.1, 0.15) is 18.4 Å². The van der Waals surface area contributed by atoms with Gasteiger partial charge in [-0.2, -0.15) is 4.31 Å². The van der Waals surface area contributed by atoms with Crippen LogP contribution < -0.4 is 0 Å². The maximum atomic E-state index is 12.2. The van der Waals surface area contributed by atoms with Crippen LogP contribution in [0.3, 0.4) is 0 Å². The lowest BCUT2D eigenvalue weighted by molar-refractivity contribution is -0.139. The molecule has 122 valence electrons. The van der Waals surface area contributed by atoms with Crippen LogP contribution in [0.4, 0.5) is 0 Å². The third-order valence-corrected chi connectivity index (χ3v) is 5.61. The highest BCUT2D eigenvalue weighted by atomic mass is 32.2. The van der Waals surface area contributed by atoms with Gasteiger partial charge in [0, 0.05) is 43.8 Å². The molecule has 2 heterocycles. The second kappa shape index (κ2) is 6.25. The zero-order valence-electron chi connectivity index (χ0n) is 12.6. The third-order valence-electron chi connectivity index (χ3n) is 4.11. The summed E-state index contributed by atoms with van der Waals surface area (Å²) in [7, 11) is -3.45. The lowest BCUT2D eigenvalue weighted by Crippen LogP contribution is -2.53. The molecule has 0 unspecified atom stereocenters. The average molecular weight is 334 g/mol. The summed E-state index contributed by atoms with van der Waals surface area (Å²) in [5, 5.41) is 1.20. The third kappa shape index (κ3) is 3.51. The number of rotatable bonds is 5. The Morgan fingerprint density at radius 2 is 1.65 bits per heavy atom. The van der Waals surface area contributed by atoms with E-state index in [-0.39, 0.29) is 30.6 Å². The molecule has 2 amide bonds. The summed E-state index contributed by atoms with van der Waals surface area (Å²) in [6.07, 6.45) is 2.11. The van der Waals surface area contributed by atoms with Crippen LogP contribution in [0.15, 0.2) is 35.7 Å². The molecule has 0 spiro atoms. The first kappa shape index (κ1) is 15.9. The lowest BCUT2D eigenvalue weighted by atomic mass is 10.0. The fourth-order valence-electron chi connectivity index (χ4n) is 2.75. The van der Waals surface area contributed by atoms with Crippen molar-refractivity contribution in [2.24, 2.45) is 5.92 Å². The van der Waals surface area contributed by atoms with E-state index in [0.29, 0.717) is 19.6 Å². The van der Waals surface area contributed by atoms with Gasteiger partial charge in [0.05, 0.1) is 0 Å². The van der Waals surface area contributed by atoms with E-state index in [9.17, 15) is 18.0 Å². The fourth-order valence-corrected chi connectivity index (χ4v) is 4.08. The van der Waals surface area contributed by atoms with Crippen molar-refractivity contribution in [3.63, 3.8) is 0 Å². The molecule has 2 aliphatic heterocycles. The number of nitrogens with zero attached hydrogens (tertiary/aromatic N) is 2. The highest BCUT2D eigenvalue weighted by molar-refractivity contribution is 7.92. The molecule has 0 bridgehead atoms. The summed E-state index contributed by atoms with van der Waals surface area (Å²) in [5.41, 5.74) is 0.821. The van der Waals surface area contributed by atoms with Crippen molar-refractivity contribution >= 4 is 27.9 Å².